The first-order valence-corrected chi connectivity index (χ1v) is 20.8. The van der Waals surface area contributed by atoms with Crippen LogP contribution in [0.15, 0.2) is 12.2 Å². The normalized spacial score (nSPS) is 46.3. The molecule has 3 aliphatic carbocycles. The topological polar surface area (TPSA) is 338 Å². The van der Waals surface area contributed by atoms with Crippen molar-refractivity contribution in [3.8, 4) is 0 Å². The third kappa shape index (κ3) is 11.6. The second kappa shape index (κ2) is 20.8. The molecule has 3 saturated carbocycles. The number of carbonyl (C=O) groups is 3. The van der Waals surface area contributed by atoms with Gasteiger partial charge in [-0.25, -0.2) is 4.79 Å². The molecule has 6 rings (SSSR count). The smallest absolute Gasteiger partial charge is 0.330 e. The lowest BCUT2D eigenvalue weighted by Gasteiger charge is -2.52. The minimum Gasteiger partial charge on any atom is -0.481 e. The summed E-state index contributed by atoms with van der Waals surface area (Å²) >= 11 is 0. The lowest BCUT2D eigenvalue weighted by molar-refractivity contribution is -0.344. The highest BCUT2D eigenvalue weighted by Gasteiger charge is 2.54. The van der Waals surface area contributed by atoms with Crippen LogP contribution < -0.4 is 0 Å². The Morgan fingerprint density at radius 1 is 0.583 bits per heavy atom. The van der Waals surface area contributed by atoms with Crippen molar-refractivity contribution in [1.29, 1.82) is 0 Å². The van der Waals surface area contributed by atoms with E-state index < -0.39 is 154 Å². The van der Waals surface area contributed by atoms with Crippen LogP contribution in [0.1, 0.15) is 70.6 Å². The van der Waals surface area contributed by atoms with Crippen LogP contribution in [-0.4, -0.2) is 198 Å². The molecule has 21 heteroatoms. The molecule has 19 atom stereocenters. The number of hydrogen-bond donors (Lipinski definition) is 11. The van der Waals surface area contributed by atoms with Gasteiger partial charge in [-0.15, -0.1) is 0 Å². The van der Waals surface area contributed by atoms with Crippen LogP contribution in [0.4, 0.5) is 0 Å². The van der Waals surface area contributed by atoms with E-state index in [1.54, 1.807) is 6.08 Å². The minimum absolute atomic E-state index is 0.0300. The average Bonchev–Trinajstić information content (AvgIpc) is 3.20. The third-order valence-electron chi connectivity index (χ3n) is 12.7. The van der Waals surface area contributed by atoms with Crippen molar-refractivity contribution in [2.75, 3.05) is 13.2 Å². The Hall–Kier alpha value is -2.45. The molecule has 3 heterocycles. The zero-order valence-electron chi connectivity index (χ0n) is 33.0. The predicted molar refractivity (Wildman–Crippen MR) is 196 cm³/mol. The molecule has 0 amide bonds. The number of carbonyl (C=O) groups excluding carboxylic acids is 2. The summed E-state index contributed by atoms with van der Waals surface area (Å²) in [6.45, 7) is -1.20. The molecule has 0 bridgehead atoms. The summed E-state index contributed by atoms with van der Waals surface area (Å²) in [4.78, 5) is 35.3. The van der Waals surface area contributed by atoms with E-state index in [1.165, 1.54) is 6.08 Å². The number of rotatable bonds is 13. The van der Waals surface area contributed by atoms with Crippen LogP contribution in [0.5, 0.6) is 0 Å². The molecule has 342 valence electrons. The number of aliphatic hydroxyl groups excluding tert-OH is 10. The van der Waals surface area contributed by atoms with Gasteiger partial charge in [-0.3, -0.25) is 9.59 Å². The van der Waals surface area contributed by atoms with Crippen LogP contribution >= 0.6 is 0 Å². The number of esters is 2. The van der Waals surface area contributed by atoms with E-state index in [-0.39, 0.29) is 44.1 Å². The van der Waals surface area contributed by atoms with Gasteiger partial charge in [0.25, 0.3) is 0 Å². The highest BCUT2D eigenvalue weighted by molar-refractivity contribution is 5.90. The minimum atomic E-state index is -1.85. The number of fused-ring (bicyclic) bond motifs is 1. The van der Waals surface area contributed by atoms with Crippen molar-refractivity contribution in [3.05, 3.63) is 12.2 Å². The number of ether oxygens (including phenoxy) is 7. The zero-order valence-corrected chi connectivity index (χ0v) is 33.0. The van der Waals surface area contributed by atoms with Crippen molar-refractivity contribution >= 4 is 17.9 Å². The van der Waals surface area contributed by atoms with Crippen molar-refractivity contribution < 1.29 is 104 Å². The van der Waals surface area contributed by atoms with Crippen molar-refractivity contribution in [2.45, 2.75) is 181 Å². The van der Waals surface area contributed by atoms with Crippen molar-refractivity contribution in [3.63, 3.8) is 0 Å². The molecular weight excluding hydrogens is 804 g/mol. The van der Waals surface area contributed by atoms with Crippen LogP contribution in [0.2, 0.25) is 0 Å². The lowest BCUT2D eigenvalue weighted by atomic mass is 9.72. The first-order valence-electron chi connectivity index (χ1n) is 20.8. The van der Waals surface area contributed by atoms with Gasteiger partial charge in [0, 0.05) is 18.4 Å². The molecule has 0 radical (unpaired) electrons. The number of aliphatic hydroxyl groups is 10. The standard InChI is InChI=1S/C39H60O21/c40-18-5-1-16(2-6-18)3-8-29(46)54-14-26-31(48)34(51)36(53)39(60-26)58-25-12-20-23(56-37(25)17-4-7-21(42)22(43)9-17)10-19(41)11-24(20)57-38-35(52)33(50)32(49)27(59-38)15-55-30(47)13-28(44)45/h3,8,16-27,31-43,48-53H,1-2,4-7,9-15H2,(H,44,45)/t16?,17?,18?,19?,20?,21?,22?,23?,24?,25?,26-,27+,31+,32+,33+,34+,35-,36-,37?,38-,39+/m1/s1. The van der Waals surface area contributed by atoms with E-state index >= 15 is 0 Å². The molecule has 6 fully saturated rings. The molecule has 0 aromatic rings. The first kappa shape index (κ1) is 47.0. The fraction of sp³-hybridized carbons (Fsp3) is 0.872. The zero-order chi connectivity index (χ0) is 43.4. The Morgan fingerprint density at radius 3 is 1.78 bits per heavy atom. The molecular formula is C39H60O21. The van der Waals surface area contributed by atoms with E-state index in [0.717, 1.165) is 0 Å². The number of allylic oxidation sites excluding steroid dienone is 1. The maximum absolute atomic E-state index is 12.6. The molecule has 3 aliphatic heterocycles. The van der Waals surface area contributed by atoms with Gasteiger partial charge in [0.05, 0.1) is 48.8 Å². The summed E-state index contributed by atoms with van der Waals surface area (Å²) in [5.74, 6) is -4.30. The molecule has 11 N–H and O–H groups in total. The number of carboxylic acid groups (broad SMARTS) is 1. The summed E-state index contributed by atoms with van der Waals surface area (Å²) in [6, 6.07) is 0. The molecule has 21 nitrogen and oxygen atoms in total. The molecule has 3 saturated heterocycles. The summed E-state index contributed by atoms with van der Waals surface area (Å²) in [5.41, 5.74) is 0. The van der Waals surface area contributed by atoms with Gasteiger partial charge in [0.1, 0.15) is 68.5 Å². The fourth-order valence-electron chi connectivity index (χ4n) is 9.29. The summed E-state index contributed by atoms with van der Waals surface area (Å²) in [6.07, 6.45) is -18.2. The predicted octanol–water partition coefficient (Wildman–Crippen LogP) is -3.51. The number of aliphatic carboxylic acids is 1. The first-order chi connectivity index (χ1) is 28.5. The van der Waals surface area contributed by atoms with Crippen molar-refractivity contribution in [2.24, 2.45) is 17.8 Å². The lowest BCUT2D eigenvalue weighted by Crippen LogP contribution is -2.63. The Kier molecular flexibility index (Phi) is 16.3. The van der Waals surface area contributed by atoms with Gasteiger partial charge in [0.2, 0.25) is 0 Å². The van der Waals surface area contributed by atoms with Crippen LogP contribution in [0.25, 0.3) is 0 Å². The Bertz CT molecular complexity index is 1460. The summed E-state index contributed by atoms with van der Waals surface area (Å²) in [7, 11) is 0. The SMILES string of the molecule is O=C(O)CC(=O)OC[C@@H]1O[C@@H](OC2CC(O)CC3OC(C4CCC(O)C(O)C4)C(O[C@H]4O[C@H](COC(=O)C=CC5CCC(O)CC5)[C@H](O)[C@H](O)[C@H]4O)CC32)[C@H](O)[C@@H](O)[C@H]1O. The molecule has 0 spiro atoms. The quantitative estimate of drug-likeness (QED) is 0.0486. The fourth-order valence-corrected chi connectivity index (χ4v) is 9.29. The highest BCUT2D eigenvalue weighted by Crippen LogP contribution is 2.45. The van der Waals surface area contributed by atoms with E-state index in [2.05, 4.69) is 0 Å². The Labute approximate surface area is 345 Å². The summed E-state index contributed by atoms with van der Waals surface area (Å²) < 4.78 is 41.0. The Balaban J connectivity index is 1.16. The average molecular weight is 865 g/mol. The van der Waals surface area contributed by atoms with Gasteiger partial charge >= 0.3 is 17.9 Å². The van der Waals surface area contributed by atoms with E-state index in [9.17, 15) is 65.4 Å². The van der Waals surface area contributed by atoms with E-state index in [0.29, 0.717) is 32.1 Å². The van der Waals surface area contributed by atoms with Gasteiger partial charge in [-0.2, -0.15) is 0 Å². The van der Waals surface area contributed by atoms with Gasteiger partial charge in [0.15, 0.2) is 12.6 Å². The molecule has 0 aromatic carbocycles. The van der Waals surface area contributed by atoms with E-state index in [1.807, 2.05) is 0 Å². The number of hydrogen-bond acceptors (Lipinski definition) is 20. The largest absolute Gasteiger partial charge is 0.481 e. The van der Waals surface area contributed by atoms with Crippen LogP contribution in [-0.2, 0) is 47.5 Å². The molecule has 0 aromatic heterocycles. The van der Waals surface area contributed by atoms with Crippen LogP contribution in [0, 0.1) is 17.8 Å². The molecule has 9 unspecified atom stereocenters. The third-order valence-corrected chi connectivity index (χ3v) is 12.7. The Morgan fingerprint density at radius 2 is 1.18 bits per heavy atom. The molecule has 6 aliphatic rings. The van der Waals surface area contributed by atoms with Crippen LogP contribution in [0.3, 0.4) is 0 Å². The number of carboxylic acids is 1. The van der Waals surface area contributed by atoms with Gasteiger partial charge in [-0.1, -0.05) is 6.08 Å². The second-order valence-corrected chi connectivity index (χ2v) is 17.1. The van der Waals surface area contributed by atoms with Gasteiger partial charge in [-0.05, 0) is 69.6 Å². The second-order valence-electron chi connectivity index (χ2n) is 17.1. The monoisotopic (exact) mass is 864 g/mol. The summed E-state index contributed by atoms with van der Waals surface area (Å²) in [5, 5.41) is 115. The van der Waals surface area contributed by atoms with Gasteiger partial charge < -0.3 is 89.3 Å². The van der Waals surface area contributed by atoms with E-state index in [4.69, 9.17) is 38.3 Å². The maximum Gasteiger partial charge on any atom is 0.330 e. The maximum atomic E-state index is 12.6. The van der Waals surface area contributed by atoms with Crippen molar-refractivity contribution in [1.82, 2.24) is 0 Å². The molecule has 60 heavy (non-hydrogen) atoms. The highest BCUT2D eigenvalue weighted by atomic mass is 16.7.